The molecule has 1 amide bonds. The van der Waals surface area contributed by atoms with Crippen LogP contribution < -0.4 is 5.73 Å². The van der Waals surface area contributed by atoms with Gasteiger partial charge in [0.2, 0.25) is 0 Å². The summed E-state index contributed by atoms with van der Waals surface area (Å²) in [6.45, 7) is 5.13. The Morgan fingerprint density at radius 2 is 2.17 bits per heavy atom. The highest BCUT2D eigenvalue weighted by Crippen LogP contribution is 2.18. The van der Waals surface area contributed by atoms with Crippen molar-refractivity contribution in [2.75, 3.05) is 13.1 Å². The summed E-state index contributed by atoms with van der Waals surface area (Å²) in [5.41, 5.74) is 7.15. The highest BCUT2D eigenvalue weighted by molar-refractivity contribution is 5.94. The first-order valence-electron chi connectivity index (χ1n) is 6.29. The number of benzene rings is 1. The van der Waals surface area contributed by atoms with Gasteiger partial charge in [0.05, 0.1) is 0 Å². The molecule has 1 aliphatic rings. The van der Waals surface area contributed by atoms with Crippen LogP contribution in [0.15, 0.2) is 18.2 Å². The number of rotatable bonds is 1. The van der Waals surface area contributed by atoms with Crippen LogP contribution in [-0.2, 0) is 0 Å². The summed E-state index contributed by atoms with van der Waals surface area (Å²) in [4.78, 5) is 14.0. The van der Waals surface area contributed by atoms with Crippen LogP contribution in [0.5, 0.6) is 0 Å². The lowest BCUT2D eigenvalue weighted by Crippen LogP contribution is -2.49. The quantitative estimate of drug-likeness (QED) is 0.828. The molecule has 2 N–H and O–H groups in total. The van der Waals surface area contributed by atoms with Crippen molar-refractivity contribution in [2.45, 2.75) is 26.3 Å². The number of hydrogen-bond acceptors (Lipinski definition) is 2. The van der Waals surface area contributed by atoms with E-state index in [0.717, 1.165) is 12.0 Å². The molecule has 2 atom stereocenters. The van der Waals surface area contributed by atoms with Gasteiger partial charge < -0.3 is 10.6 Å². The van der Waals surface area contributed by atoms with Crippen molar-refractivity contribution >= 4 is 5.91 Å². The Morgan fingerprint density at radius 1 is 1.44 bits per heavy atom. The minimum Gasteiger partial charge on any atom is -0.337 e. The summed E-state index contributed by atoms with van der Waals surface area (Å²) < 4.78 is 13.3. The zero-order valence-electron chi connectivity index (χ0n) is 10.8. The first-order valence-corrected chi connectivity index (χ1v) is 6.29. The Balaban J connectivity index is 2.16. The van der Waals surface area contributed by atoms with Crippen LogP contribution >= 0.6 is 0 Å². The maximum Gasteiger partial charge on any atom is 0.254 e. The topological polar surface area (TPSA) is 46.3 Å². The zero-order valence-corrected chi connectivity index (χ0v) is 10.8. The van der Waals surface area contributed by atoms with Gasteiger partial charge in [-0.25, -0.2) is 4.39 Å². The van der Waals surface area contributed by atoms with Crippen molar-refractivity contribution in [2.24, 2.45) is 11.7 Å². The maximum atomic E-state index is 13.3. The van der Waals surface area contributed by atoms with Gasteiger partial charge in [-0.3, -0.25) is 4.79 Å². The lowest BCUT2D eigenvalue weighted by Gasteiger charge is -2.35. The standard InChI is InChI=1S/C14H19FN2O/c1-9-5-11(7-12(15)6-9)14(18)17-4-3-10(2)13(16)8-17/h5-7,10,13H,3-4,8,16H2,1-2H3. The van der Waals surface area contributed by atoms with Gasteiger partial charge >= 0.3 is 0 Å². The van der Waals surface area contributed by atoms with Gasteiger partial charge in [-0.1, -0.05) is 6.92 Å². The van der Waals surface area contributed by atoms with E-state index in [1.165, 1.54) is 12.1 Å². The Bertz CT molecular complexity index is 441. The number of hydrogen-bond donors (Lipinski definition) is 1. The number of piperidine rings is 1. The minimum absolute atomic E-state index is 0.0114. The Labute approximate surface area is 107 Å². The Kier molecular flexibility index (Phi) is 3.66. The van der Waals surface area contributed by atoms with E-state index in [1.54, 1.807) is 17.9 Å². The first kappa shape index (κ1) is 13.0. The molecule has 1 aromatic carbocycles. The molecule has 1 aromatic rings. The predicted molar refractivity (Wildman–Crippen MR) is 68.8 cm³/mol. The van der Waals surface area contributed by atoms with Crippen LogP contribution in [0.1, 0.15) is 29.3 Å². The SMILES string of the molecule is Cc1cc(F)cc(C(=O)N2CCC(C)C(N)C2)c1. The molecule has 1 aliphatic heterocycles. The molecule has 0 aliphatic carbocycles. The fraction of sp³-hybridized carbons (Fsp3) is 0.500. The van der Waals surface area contributed by atoms with Crippen LogP contribution in [0.4, 0.5) is 4.39 Å². The summed E-state index contributed by atoms with van der Waals surface area (Å²) >= 11 is 0. The zero-order chi connectivity index (χ0) is 13.3. The molecule has 0 saturated carbocycles. The fourth-order valence-electron chi connectivity index (χ4n) is 2.33. The molecule has 18 heavy (non-hydrogen) atoms. The second-order valence-corrected chi connectivity index (χ2v) is 5.20. The highest BCUT2D eigenvalue weighted by atomic mass is 19.1. The number of carbonyl (C=O) groups excluding carboxylic acids is 1. The van der Waals surface area contributed by atoms with Crippen LogP contribution in [-0.4, -0.2) is 29.9 Å². The number of carbonyl (C=O) groups is 1. The fourth-order valence-corrected chi connectivity index (χ4v) is 2.33. The lowest BCUT2D eigenvalue weighted by molar-refractivity contribution is 0.0672. The number of halogens is 1. The Hall–Kier alpha value is -1.42. The molecule has 0 radical (unpaired) electrons. The van der Waals surface area contributed by atoms with Gasteiger partial charge in [0.15, 0.2) is 0 Å². The normalized spacial score (nSPS) is 24.1. The van der Waals surface area contributed by atoms with Gasteiger partial charge in [0.25, 0.3) is 5.91 Å². The third-order valence-electron chi connectivity index (χ3n) is 3.59. The average molecular weight is 250 g/mol. The van der Waals surface area contributed by atoms with Crippen molar-refractivity contribution in [3.63, 3.8) is 0 Å². The molecule has 98 valence electrons. The molecule has 1 saturated heterocycles. The largest absolute Gasteiger partial charge is 0.337 e. The van der Waals surface area contributed by atoms with Crippen molar-refractivity contribution in [1.82, 2.24) is 4.90 Å². The second-order valence-electron chi connectivity index (χ2n) is 5.20. The monoisotopic (exact) mass is 250 g/mol. The summed E-state index contributed by atoms with van der Waals surface area (Å²) in [5, 5.41) is 0. The van der Waals surface area contributed by atoms with Crippen LogP contribution in [0, 0.1) is 18.7 Å². The summed E-state index contributed by atoms with van der Waals surface area (Å²) in [5.74, 6) is -0.0590. The first-order chi connectivity index (χ1) is 8.47. The number of amides is 1. The van der Waals surface area contributed by atoms with Crippen molar-refractivity contribution in [3.05, 3.63) is 35.1 Å². The maximum absolute atomic E-state index is 13.3. The van der Waals surface area contributed by atoms with E-state index in [1.807, 2.05) is 0 Å². The van der Waals surface area contributed by atoms with Gasteiger partial charge in [-0.2, -0.15) is 0 Å². The van der Waals surface area contributed by atoms with Crippen molar-refractivity contribution < 1.29 is 9.18 Å². The summed E-state index contributed by atoms with van der Waals surface area (Å²) in [6, 6.07) is 4.44. The van der Waals surface area contributed by atoms with E-state index < -0.39 is 0 Å². The van der Waals surface area contributed by atoms with Gasteiger partial charge in [0, 0.05) is 24.7 Å². The van der Waals surface area contributed by atoms with Crippen molar-refractivity contribution in [1.29, 1.82) is 0 Å². The number of nitrogens with zero attached hydrogens (tertiary/aromatic N) is 1. The molecule has 4 heteroatoms. The molecule has 3 nitrogen and oxygen atoms in total. The molecule has 0 aromatic heterocycles. The molecule has 2 rings (SSSR count). The van der Waals surface area contributed by atoms with Crippen LogP contribution in [0.3, 0.4) is 0 Å². The molecular formula is C14H19FN2O. The molecule has 1 heterocycles. The third kappa shape index (κ3) is 2.70. The molecule has 1 fully saturated rings. The smallest absolute Gasteiger partial charge is 0.254 e. The van der Waals surface area contributed by atoms with Crippen LogP contribution in [0.2, 0.25) is 0 Å². The van der Waals surface area contributed by atoms with E-state index in [-0.39, 0.29) is 17.8 Å². The molecule has 0 spiro atoms. The van der Waals surface area contributed by atoms with Gasteiger partial charge in [-0.15, -0.1) is 0 Å². The summed E-state index contributed by atoms with van der Waals surface area (Å²) in [6.07, 6.45) is 0.904. The Morgan fingerprint density at radius 3 is 2.78 bits per heavy atom. The van der Waals surface area contributed by atoms with Gasteiger partial charge in [0.1, 0.15) is 5.82 Å². The van der Waals surface area contributed by atoms with E-state index in [4.69, 9.17) is 5.73 Å². The molecule has 0 bridgehead atoms. The molecule has 2 unspecified atom stereocenters. The average Bonchev–Trinajstić information content (AvgIpc) is 2.30. The number of likely N-dealkylation sites (tertiary alicyclic amines) is 1. The lowest BCUT2D eigenvalue weighted by atomic mass is 9.94. The van der Waals surface area contributed by atoms with Gasteiger partial charge in [-0.05, 0) is 43.0 Å². The molecular weight excluding hydrogens is 231 g/mol. The number of aryl methyl sites for hydroxylation is 1. The second kappa shape index (κ2) is 5.06. The third-order valence-corrected chi connectivity index (χ3v) is 3.59. The highest BCUT2D eigenvalue weighted by Gasteiger charge is 2.27. The van der Waals surface area contributed by atoms with E-state index in [2.05, 4.69) is 6.92 Å². The van der Waals surface area contributed by atoms with Crippen molar-refractivity contribution in [3.8, 4) is 0 Å². The van der Waals surface area contributed by atoms with E-state index in [0.29, 0.717) is 24.6 Å². The number of nitrogens with two attached hydrogens (primary N) is 1. The predicted octanol–water partition coefficient (Wildman–Crippen LogP) is 1.94. The summed E-state index contributed by atoms with van der Waals surface area (Å²) in [7, 11) is 0. The van der Waals surface area contributed by atoms with E-state index in [9.17, 15) is 9.18 Å². The minimum atomic E-state index is -0.368. The van der Waals surface area contributed by atoms with E-state index >= 15 is 0 Å². The van der Waals surface area contributed by atoms with Crippen LogP contribution in [0.25, 0.3) is 0 Å².